The molecule has 116 valence electrons. The van der Waals surface area contributed by atoms with Crippen LogP contribution in [0.3, 0.4) is 0 Å². The van der Waals surface area contributed by atoms with Crippen molar-refractivity contribution in [3.8, 4) is 0 Å². The summed E-state index contributed by atoms with van der Waals surface area (Å²) >= 11 is 0. The first-order valence-electron chi connectivity index (χ1n) is 8.72. The molecule has 0 radical (unpaired) electrons. The molecule has 3 fully saturated rings. The lowest BCUT2D eigenvalue weighted by molar-refractivity contribution is 0.00450. The molecule has 1 saturated carbocycles. The quantitative estimate of drug-likeness (QED) is 0.738. The molecule has 2 heterocycles. The second kappa shape index (κ2) is 7.21. The Hall–Kier alpha value is -0.160. The number of hydrogen-bond acceptors (Lipinski definition) is 4. The Balaban J connectivity index is 1.34. The van der Waals surface area contributed by atoms with E-state index >= 15 is 0 Å². The Morgan fingerprint density at radius 3 is 2.85 bits per heavy atom. The highest BCUT2D eigenvalue weighted by atomic mass is 16.5. The summed E-state index contributed by atoms with van der Waals surface area (Å²) in [5.41, 5.74) is 3.54. The Morgan fingerprint density at radius 1 is 1.20 bits per heavy atom. The minimum Gasteiger partial charge on any atom is -0.361 e. The average Bonchev–Trinajstić information content (AvgIpc) is 3.16. The minimum atomic E-state index is 0.266. The van der Waals surface area contributed by atoms with Crippen molar-refractivity contribution in [3.63, 3.8) is 0 Å². The average molecular weight is 281 g/mol. The van der Waals surface area contributed by atoms with Crippen LogP contribution in [-0.2, 0) is 4.74 Å². The van der Waals surface area contributed by atoms with Crippen LogP contribution in [-0.4, -0.2) is 55.0 Å². The smallest absolute Gasteiger partial charge is 0.122 e. The topological polar surface area (TPSA) is 27.7 Å². The molecule has 1 aliphatic carbocycles. The number of ether oxygens (including phenoxy) is 1. The summed E-state index contributed by atoms with van der Waals surface area (Å²) in [6, 6.07) is 0.729. The molecule has 4 heteroatoms. The first kappa shape index (κ1) is 14.8. The summed E-state index contributed by atoms with van der Waals surface area (Å²) in [6.07, 6.45) is 9.66. The Kier molecular flexibility index (Phi) is 5.32. The SMILES string of the molecule is CCCN(CCOC1CC2CCCCN2N1)CC1CC1. The van der Waals surface area contributed by atoms with Gasteiger partial charge in [-0.1, -0.05) is 13.3 Å². The van der Waals surface area contributed by atoms with Gasteiger partial charge in [-0.2, -0.15) is 0 Å². The molecule has 3 aliphatic rings. The summed E-state index contributed by atoms with van der Waals surface area (Å²) in [5, 5.41) is 2.42. The van der Waals surface area contributed by atoms with Crippen molar-refractivity contribution in [2.24, 2.45) is 5.92 Å². The number of rotatable bonds is 8. The van der Waals surface area contributed by atoms with Gasteiger partial charge in [-0.25, -0.2) is 10.4 Å². The van der Waals surface area contributed by atoms with Gasteiger partial charge in [-0.15, -0.1) is 0 Å². The molecule has 0 bridgehead atoms. The Bertz CT molecular complexity index is 281. The van der Waals surface area contributed by atoms with Gasteiger partial charge in [0.15, 0.2) is 0 Å². The maximum Gasteiger partial charge on any atom is 0.122 e. The zero-order valence-corrected chi connectivity index (χ0v) is 13.0. The van der Waals surface area contributed by atoms with E-state index in [0.717, 1.165) is 25.1 Å². The van der Waals surface area contributed by atoms with Crippen molar-refractivity contribution in [1.82, 2.24) is 15.3 Å². The zero-order valence-electron chi connectivity index (χ0n) is 13.0. The van der Waals surface area contributed by atoms with Crippen molar-refractivity contribution in [1.29, 1.82) is 0 Å². The molecule has 3 rings (SSSR count). The van der Waals surface area contributed by atoms with Crippen LogP contribution in [0.1, 0.15) is 51.9 Å². The highest BCUT2D eigenvalue weighted by molar-refractivity contribution is 4.83. The first-order valence-corrected chi connectivity index (χ1v) is 8.72. The van der Waals surface area contributed by atoms with E-state index in [0.29, 0.717) is 0 Å². The lowest BCUT2D eigenvalue weighted by Crippen LogP contribution is -2.43. The molecule has 0 aromatic heterocycles. The normalized spacial score (nSPS) is 30.9. The largest absolute Gasteiger partial charge is 0.361 e. The molecule has 2 aliphatic heterocycles. The van der Waals surface area contributed by atoms with Crippen LogP contribution in [0.5, 0.6) is 0 Å². The minimum absolute atomic E-state index is 0.266. The van der Waals surface area contributed by atoms with Gasteiger partial charge in [0.1, 0.15) is 6.23 Å². The van der Waals surface area contributed by atoms with Gasteiger partial charge in [0.2, 0.25) is 0 Å². The molecule has 2 saturated heterocycles. The van der Waals surface area contributed by atoms with E-state index in [9.17, 15) is 0 Å². The van der Waals surface area contributed by atoms with Gasteiger partial charge in [-0.3, -0.25) is 0 Å². The molecular formula is C16H31N3O. The molecule has 20 heavy (non-hydrogen) atoms. The highest BCUT2D eigenvalue weighted by Gasteiger charge is 2.33. The fourth-order valence-electron chi connectivity index (χ4n) is 3.61. The summed E-state index contributed by atoms with van der Waals surface area (Å²) in [6.45, 7) is 7.99. The second-order valence-electron chi connectivity index (χ2n) is 6.81. The van der Waals surface area contributed by atoms with Crippen molar-refractivity contribution in [2.45, 2.75) is 64.1 Å². The van der Waals surface area contributed by atoms with Crippen molar-refractivity contribution < 1.29 is 4.74 Å². The number of fused-ring (bicyclic) bond motifs is 1. The van der Waals surface area contributed by atoms with Gasteiger partial charge < -0.3 is 9.64 Å². The van der Waals surface area contributed by atoms with Crippen LogP contribution in [0.15, 0.2) is 0 Å². The Morgan fingerprint density at radius 2 is 2.10 bits per heavy atom. The molecule has 0 amide bonds. The van der Waals surface area contributed by atoms with Gasteiger partial charge >= 0.3 is 0 Å². The first-order chi connectivity index (χ1) is 9.85. The van der Waals surface area contributed by atoms with Gasteiger partial charge in [0, 0.05) is 32.1 Å². The molecule has 1 N–H and O–H groups in total. The third-order valence-electron chi connectivity index (χ3n) is 4.90. The van der Waals surface area contributed by atoms with E-state index in [-0.39, 0.29) is 6.23 Å². The van der Waals surface area contributed by atoms with Gasteiger partial charge in [0.25, 0.3) is 0 Å². The lowest BCUT2D eigenvalue weighted by Gasteiger charge is -2.28. The van der Waals surface area contributed by atoms with E-state index in [4.69, 9.17) is 4.74 Å². The molecule has 0 aromatic rings. The third kappa shape index (κ3) is 4.17. The second-order valence-corrected chi connectivity index (χ2v) is 6.81. The number of nitrogens with zero attached hydrogens (tertiary/aromatic N) is 2. The highest BCUT2D eigenvalue weighted by Crippen LogP contribution is 2.29. The van der Waals surface area contributed by atoms with E-state index in [1.807, 2.05) is 0 Å². The third-order valence-corrected chi connectivity index (χ3v) is 4.90. The van der Waals surface area contributed by atoms with Gasteiger partial charge in [-0.05, 0) is 44.6 Å². The predicted molar refractivity (Wildman–Crippen MR) is 81.3 cm³/mol. The molecule has 0 aromatic carbocycles. The van der Waals surface area contributed by atoms with Crippen LogP contribution in [0.2, 0.25) is 0 Å². The van der Waals surface area contributed by atoms with Crippen molar-refractivity contribution in [2.75, 3.05) is 32.8 Å². The molecule has 2 atom stereocenters. The van der Waals surface area contributed by atoms with Gasteiger partial charge in [0.05, 0.1) is 6.61 Å². The van der Waals surface area contributed by atoms with Crippen molar-refractivity contribution >= 4 is 0 Å². The number of piperidine rings is 1. The summed E-state index contributed by atoms with van der Waals surface area (Å²) in [5.74, 6) is 0.986. The van der Waals surface area contributed by atoms with E-state index < -0.39 is 0 Å². The summed E-state index contributed by atoms with van der Waals surface area (Å²) in [4.78, 5) is 2.60. The summed E-state index contributed by atoms with van der Waals surface area (Å²) in [7, 11) is 0. The van der Waals surface area contributed by atoms with E-state index in [1.165, 1.54) is 64.6 Å². The van der Waals surface area contributed by atoms with Crippen LogP contribution >= 0.6 is 0 Å². The molecule has 0 spiro atoms. The molecule has 2 unspecified atom stereocenters. The van der Waals surface area contributed by atoms with E-state index in [1.54, 1.807) is 0 Å². The predicted octanol–water partition coefficient (Wildman–Crippen LogP) is 2.21. The monoisotopic (exact) mass is 281 g/mol. The Labute approximate surface area is 123 Å². The number of hydrogen-bond donors (Lipinski definition) is 1. The summed E-state index contributed by atoms with van der Waals surface area (Å²) < 4.78 is 6.08. The van der Waals surface area contributed by atoms with Crippen molar-refractivity contribution in [3.05, 3.63) is 0 Å². The van der Waals surface area contributed by atoms with Crippen LogP contribution in [0, 0.1) is 5.92 Å². The molecular weight excluding hydrogens is 250 g/mol. The van der Waals surface area contributed by atoms with Crippen LogP contribution < -0.4 is 5.43 Å². The van der Waals surface area contributed by atoms with Crippen LogP contribution in [0.25, 0.3) is 0 Å². The van der Waals surface area contributed by atoms with E-state index in [2.05, 4.69) is 22.3 Å². The maximum absolute atomic E-state index is 6.08. The van der Waals surface area contributed by atoms with Crippen LogP contribution in [0.4, 0.5) is 0 Å². The number of hydrazine groups is 1. The standard InChI is InChI=1S/C16H31N3O/c1-2-8-18(13-14-6-7-14)10-11-20-16-12-15-5-3-4-9-19(15)17-16/h14-17H,2-13H2,1H3. The molecule has 4 nitrogen and oxygen atoms in total. The zero-order chi connectivity index (χ0) is 13.8. The lowest BCUT2D eigenvalue weighted by atomic mass is 10.0. The fraction of sp³-hybridized carbons (Fsp3) is 1.00. The number of nitrogens with one attached hydrogen (secondary N) is 1. The maximum atomic E-state index is 6.08. The fourth-order valence-corrected chi connectivity index (χ4v) is 3.61.